The maximum Gasteiger partial charge on any atom is 1.00 e. The molecular formula is C10H21NaO4S. The van der Waals surface area contributed by atoms with Crippen LogP contribution < -0.4 is 29.6 Å². The minimum absolute atomic E-state index is 0. The molecule has 0 saturated heterocycles. The van der Waals surface area contributed by atoms with Gasteiger partial charge in [-0.05, 0) is 38.0 Å². The SMILES string of the molecule is CC(C)C1CCC(C)(S(=O)(=O)O)C(O)C1.[H-].[Na+]. The first-order valence-corrected chi connectivity index (χ1v) is 6.77. The van der Waals surface area contributed by atoms with Crippen LogP contribution in [0.1, 0.15) is 41.5 Å². The Balaban J connectivity index is 0. The van der Waals surface area contributed by atoms with Crippen LogP contribution in [-0.4, -0.2) is 28.9 Å². The molecule has 3 atom stereocenters. The summed E-state index contributed by atoms with van der Waals surface area (Å²) >= 11 is 0. The molecule has 6 heteroatoms. The Morgan fingerprint density at radius 1 is 1.44 bits per heavy atom. The fourth-order valence-electron chi connectivity index (χ4n) is 2.20. The average molecular weight is 260 g/mol. The third-order valence-electron chi connectivity index (χ3n) is 3.77. The van der Waals surface area contributed by atoms with E-state index in [1.807, 2.05) is 0 Å². The third-order valence-corrected chi connectivity index (χ3v) is 5.43. The molecule has 0 radical (unpaired) electrons. The molecule has 16 heavy (non-hydrogen) atoms. The van der Waals surface area contributed by atoms with Crippen LogP contribution >= 0.6 is 0 Å². The molecule has 1 saturated carbocycles. The van der Waals surface area contributed by atoms with Crippen molar-refractivity contribution in [3.8, 4) is 0 Å². The topological polar surface area (TPSA) is 74.6 Å². The van der Waals surface area contributed by atoms with E-state index in [9.17, 15) is 13.5 Å². The van der Waals surface area contributed by atoms with Gasteiger partial charge >= 0.3 is 29.6 Å². The molecule has 92 valence electrons. The van der Waals surface area contributed by atoms with Gasteiger partial charge in [-0.15, -0.1) is 0 Å². The van der Waals surface area contributed by atoms with Gasteiger partial charge in [0.25, 0.3) is 10.1 Å². The summed E-state index contributed by atoms with van der Waals surface area (Å²) in [7, 11) is -4.17. The Bertz CT molecular complexity index is 333. The van der Waals surface area contributed by atoms with Gasteiger partial charge in [-0.3, -0.25) is 4.55 Å². The molecule has 3 unspecified atom stereocenters. The molecule has 1 fully saturated rings. The van der Waals surface area contributed by atoms with E-state index in [2.05, 4.69) is 13.8 Å². The summed E-state index contributed by atoms with van der Waals surface area (Å²) in [5.41, 5.74) is 0. The largest absolute Gasteiger partial charge is 1.00 e. The summed E-state index contributed by atoms with van der Waals surface area (Å²) in [6, 6.07) is 0. The molecule has 4 nitrogen and oxygen atoms in total. The molecule has 1 aliphatic rings. The van der Waals surface area contributed by atoms with E-state index in [0.29, 0.717) is 24.7 Å². The second kappa shape index (κ2) is 5.67. The van der Waals surface area contributed by atoms with E-state index in [1.54, 1.807) is 0 Å². The summed E-state index contributed by atoms with van der Waals surface area (Å²) < 4.78 is 30.1. The van der Waals surface area contributed by atoms with Crippen molar-refractivity contribution in [2.24, 2.45) is 11.8 Å². The van der Waals surface area contributed by atoms with E-state index >= 15 is 0 Å². The van der Waals surface area contributed by atoms with E-state index in [-0.39, 0.29) is 31.0 Å². The zero-order valence-electron chi connectivity index (χ0n) is 11.5. The standard InChI is InChI=1S/C10H20O4S.Na.H/c1-7(2)8-4-5-10(3,9(11)6-8)15(12,13)14;;/h7-9,11H,4-6H2,1-3H3,(H,12,13,14);;/q;+1;-1. The number of rotatable bonds is 2. The Hall–Kier alpha value is 0.870. The Morgan fingerprint density at radius 2 is 1.94 bits per heavy atom. The van der Waals surface area contributed by atoms with E-state index in [0.717, 1.165) is 6.42 Å². The van der Waals surface area contributed by atoms with E-state index in [4.69, 9.17) is 4.55 Å². The van der Waals surface area contributed by atoms with E-state index < -0.39 is 21.0 Å². The van der Waals surface area contributed by atoms with Gasteiger partial charge in [0.2, 0.25) is 0 Å². The second-order valence-corrected chi connectivity index (χ2v) is 6.96. The maximum atomic E-state index is 11.2. The van der Waals surface area contributed by atoms with Crippen molar-refractivity contribution in [1.29, 1.82) is 0 Å². The summed E-state index contributed by atoms with van der Waals surface area (Å²) in [6.45, 7) is 5.55. The molecule has 2 N–H and O–H groups in total. The molecule has 1 rings (SSSR count). The van der Waals surface area contributed by atoms with Gasteiger partial charge in [0, 0.05) is 0 Å². The molecule has 0 heterocycles. The van der Waals surface area contributed by atoms with Gasteiger partial charge < -0.3 is 6.53 Å². The van der Waals surface area contributed by atoms with Crippen molar-refractivity contribution >= 4 is 10.1 Å². The van der Waals surface area contributed by atoms with Crippen molar-refractivity contribution in [1.82, 2.24) is 0 Å². The van der Waals surface area contributed by atoms with Crippen LogP contribution in [0.2, 0.25) is 0 Å². The Kier molecular flexibility index (Phi) is 5.98. The normalized spacial score (nSPS) is 35.9. The number of hydrogen-bond donors (Lipinski definition) is 2. The molecule has 0 aromatic rings. The first-order chi connectivity index (χ1) is 6.68. The van der Waals surface area contributed by atoms with Crippen LogP contribution in [0.4, 0.5) is 0 Å². The molecular weight excluding hydrogens is 239 g/mol. The van der Waals surface area contributed by atoms with Gasteiger partial charge in [-0.25, -0.2) is 0 Å². The molecule has 0 aromatic carbocycles. The van der Waals surface area contributed by atoms with Crippen LogP contribution in [0.3, 0.4) is 0 Å². The van der Waals surface area contributed by atoms with Crippen LogP contribution in [0, 0.1) is 11.8 Å². The average Bonchev–Trinajstić information content (AvgIpc) is 2.07. The van der Waals surface area contributed by atoms with Gasteiger partial charge in [-0.2, -0.15) is 8.42 Å². The second-order valence-electron chi connectivity index (χ2n) is 5.08. The summed E-state index contributed by atoms with van der Waals surface area (Å²) in [4.78, 5) is 0. The number of hydrogen-bond acceptors (Lipinski definition) is 3. The summed E-state index contributed by atoms with van der Waals surface area (Å²) in [5.74, 6) is 0.778. The first kappa shape index (κ1) is 16.9. The molecule has 0 bridgehead atoms. The van der Waals surface area contributed by atoms with Crippen LogP contribution in [0.15, 0.2) is 0 Å². The van der Waals surface area contributed by atoms with Crippen LogP contribution in [0.25, 0.3) is 0 Å². The maximum absolute atomic E-state index is 11.2. The molecule has 0 spiro atoms. The monoisotopic (exact) mass is 260 g/mol. The third kappa shape index (κ3) is 3.21. The van der Waals surface area contributed by atoms with Crippen molar-refractivity contribution in [3.63, 3.8) is 0 Å². The quantitative estimate of drug-likeness (QED) is 0.471. The predicted octanol–water partition coefficient (Wildman–Crippen LogP) is -1.43. The minimum atomic E-state index is -4.17. The molecule has 0 aliphatic heterocycles. The van der Waals surface area contributed by atoms with Crippen molar-refractivity contribution in [2.45, 2.75) is 50.9 Å². The van der Waals surface area contributed by atoms with Gasteiger partial charge in [0.1, 0.15) is 4.75 Å². The van der Waals surface area contributed by atoms with Gasteiger partial charge in [-0.1, -0.05) is 13.8 Å². The number of aliphatic hydroxyl groups is 1. The van der Waals surface area contributed by atoms with Gasteiger partial charge in [0.15, 0.2) is 0 Å². The zero-order chi connectivity index (χ0) is 11.9. The number of aliphatic hydroxyl groups excluding tert-OH is 1. The Labute approximate surface area is 121 Å². The first-order valence-electron chi connectivity index (χ1n) is 5.33. The van der Waals surface area contributed by atoms with Crippen molar-refractivity contribution in [2.75, 3.05) is 0 Å². The minimum Gasteiger partial charge on any atom is -1.00 e. The summed E-state index contributed by atoms with van der Waals surface area (Å²) in [5, 5.41) is 9.84. The van der Waals surface area contributed by atoms with Crippen LogP contribution in [-0.2, 0) is 10.1 Å². The fourth-order valence-corrected chi connectivity index (χ4v) is 3.01. The van der Waals surface area contributed by atoms with Crippen molar-refractivity contribution < 1.29 is 49.1 Å². The smallest absolute Gasteiger partial charge is 1.00 e. The summed E-state index contributed by atoms with van der Waals surface area (Å²) in [6.07, 6.45) is 0.558. The van der Waals surface area contributed by atoms with E-state index in [1.165, 1.54) is 6.92 Å². The van der Waals surface area contributed by atoms with Crippen LogP contribution in [0.5, 0.6) is 0 Å². The molecule has 1 aliphatic carbocycles. The zero-order valence-corrected chi connectivity index (χ0v) is 13.3. The molecule has 0 amide bonds. The van der Waals surface area contributed by atoms with Crippen molar-refractivity contribution in [3.05, 3.63) is 0 Å². The molecule has 0 aromatic heterocycles. The Morgan fingerprint density at radius 3 is 2.25 bits per heavy atom. The fraction of sp³-hybridized carbons (Fsp3) is 1.00. The van der Waals surface area contributed by atoms with Gasteiger partial charge in [0.05, 0.1) is 6.10 Å². The predicted molar refractivity (Wildman–Crippen MR) is 59.3 cm³/mol.